The molecule has 0 aliphatic rings. The lowest BCUT2D eigenvalue weighted by molar-refractivity contribution is -0.131. The van der Waals surface area contributed by atoms with Gasteiger partial charge in [0.15, 0.2) is 6.29 Å². The summed E-state index contributed by atoms with van der Waals surface area (Å²) in [6.07, 6.45) is -0.452. The summed E-state index contributed by atoms with van der Waals surface area (Å²) in [4.78, 5) is 12.1. The number of ether oxygens (including phenoxy) is 3. The van der Waals surface area contributed by atoms with Crippen LogP contribution in [0.5, 0.6) is 5.75 Å². The topological polar surface area (TPSA) is 56.8 Å². The fourth-order valence-corrected chi connectivity index (χ4v) is 1.82. The molecule has 1 N–H and O–H groups in total. The first kappa shape index (κ1) is 16.8. The Morgan fingerprint density at radius 2 is 1.95 bits per heavy atom. The minimum atomic E-state index is -0.452. The first-order chi connectivity index (χ1) is 9.62. The largest absolute Gasteiger partial charge is 0.496 e. The first-order valence-corrected chi connectivity index (χ1v) is 6.85. The molecule has 112 valence electrons. The zero-order valence-electron chi connectivity index (χ0n) is 11.9. The van der Waals surface area contributed by atoms with Gasteiger partial charge in [0, 0.05) is 18.2 Å². The van der Waals surface area contributed by atoms with Crippen molar-refractivity contribution in [1.29, 1.82) is 0 Å². The summed E-state index contributed by atoms with van der Waals surface area (Å²) < 4.78 is 15.9. The monoisotopic (exact) mass is 301 g/mol. The van der Waals surface area contributed by atoms with Crippen LogP contribution in [0.15, 0.2) is 18.2 Å². The number of hydrogen-bond donors (Lipinski definition) is 1. The molecule has 0 aromatic heterocycles. The van der Waals surface area contributed by atoms with Crippen LogP contribution in [0.4, 0.5) is 0 Å². The molecule has 0 aliphatic heterocycles. The number of amides is 1. The molecule has 5 nitrogen and oxygen atoms in total. The Balaban J connectivity index is 2.66. The highest BCUT2D eigenvalue weighted by molar-refractivity contribution is 6.30. The third-order valence-corrected chi connectivity index (χ3v) is 2.78. The Bertz CT molecular complexity index is 433. The molecule has 1 aromatic rings. The lowest BCUT2D eigenvalue weighted by atomic mass is 10.2. The van der Waals surface area contributed by atoms with Gasteiger partial charge in [0.05, 0.1) is 19.2 Å². The second kappa shape index (κ2) is 8.79. The molecule has 0 aliphatic carbocycles. The van der Waals surface area contributed by atoms with Crippen molar-refractivity contribution in [3.63, 3.8) is 0 Å². The summed E-state index contributed by atoms with van der Waals surface area (Å²) in [5, 5.41) is 3.26. The van der Waals surface area contributed by atoms with Gasteiger partial charge in [-0.05, 0) is 32.0 Å². The third kappa shape index (κ3) is 5.00. The van der Waals surface area contributed by atoms with Crippen LogP contribution in [0.25, 0.3) is 0 Å². The van der Waals surface area contributed by atoms with Crippen LogP contribution in [-0.4, -0.2) is 39.1 Å². The molecular formula is C14H20ClNO4. The Kier molecular flexibility index (Phi) is 7.36. The summed E-state index contributed by atoms with van der Waals surface area (Å²) in [5.41, 5.74) is 0.420. The van der Waals surface area contributed by atoms with Gasteiger partial charge in [0.1, 0.15) is 5.75 Å². The molecule has 1 rings (SSSR count). The average molecular weight is 302 g/mol. The Hall–Kier alpha value is -1.30. The maximum Gasteiger partial charge on any atom is 0.255 e. The number of hydrogen-bond acceptors (Lipinski definition) is 4. The molecule has 0 radical (unpaired) electrons. The van der Waals surface area contributed by atoms with Crippen LogP contribution < -0.4 is 10.1 Å². The number of carbonyl (C=O) groups is 1. The van der Waals surface area contributed by atoms with Gasteiger partial charge in [-0.15, -0.1) is 0 Å². The van der Waals surface area contributed by atoms with E-state index in [0.29, 0.717) is 29.5 Å². The molecular weight excluding hydrogens is 282 g/mol. The van der Waals surface area contributed by atoms with Crippen molar-refractivity contribution in [1.82, 2.24) is 5.32 Å². The minimum absolute atomic E-state index is 0.261. The van der Waals surface area contributed by atoms with E-state index in [1.807, 2.05) is 13.8 Å². The van der Waals surface area contributed by atoms with Gasteiger partial charge in [-0.1, -0.05) is 11.6 Å². The summed E-state index contributed by atoms with van der Waals surface area (Å²) in [5.74, 6) is 0.169. The average Bonchev–Trinajstić information content (AvgIpc) is 2.44. The normalized spacial score (nSPS) is 10.7. The summed E-state index contributed by atoms with van der Waals surface area (Å²) in [6.45, 7) is 5.05. The lowest BCUT2D eigenvalue weighted by Crippen LogP contribution is -2.35. The molecule has 1 amide bonds. The van der Waals surface area contributed by atoms with Crippen LogP contribution in [0.2, 0.25) is 5.02 Å². The number of rotatable bonds is 8. The van der Waals surface area contributed by atoms with Crippen LogP contribution in [0.1, 0.15) is 24.2 Å². The van der Waals surface area contributed by atoms with Gasteiger partial charge in [-0.3, -0.25) is 4.79 Å². The van der Waals surface area contributed by atoms with Crippen molar-refractivity contribution in [3.8, 4) is 5.75 Å². The Morgan fingerprint density at radius 1 is 1.30 bits per heavy atom. The molecule has 0 spiro atoms. The van der Waals surface area contributed by atoms with Crippen molar-refractivity contribution >= 4 is 17.5 Å². The summed E-state index contributed by atoms with van der Waals surface area (Å²) in [7, 11) is 1.49. The minimum Gasteiger partial charge on any atom is -0.496 e. The molecule has 0 saturated heterocycles. The highest BCUT2D eigenvalue weighted by atomic mass is 35.5. The number of benzene rings is 1. The van der Waals surface area contributed by atoms with E-state index >= 15 is 0 Å². The second-order valence-electron chi connectivity index (χ2n) is 3.89. The van der Waals surface area contributed by atoms with Crippen molar-refractivity contribution in [2.24, 2.45) is 0 Å². The van der Waals surface area contributed by atoms with Crippen molar-refractivity contribution < 1.29 is 19.0 Å². The number of halogens is 1. The Morgan fingerprint density at radius 3 is 2.50 bits per heavy atom. The third-order valence-electron chi connectivity index (χ3n) is 2.54. The van der Waals surface area contributed by atoms with Crippen molar-refractivity contribution in [2.75, 3.05) is 26.9 Å². The molecule has 0 unspecified atom stereocenters. The standard InChI is InChI=1S/C14H20ClNO4/c1-4-19-13(20-5-2)9-16-14(17)11-7-6-10(15)8-12(11)18-3/h6-8,13H,4-5,9H2,1-3H3,(H,16,17). The van der Waals surface area contributed by atoms with Gasteiger partial charge in [0.2, 0.25) is 0 Å². The van der Waals surface area contributed by atoms with E-state index < -0.39 is 6.29 Å². The Labute approximate surface area is 124 Å². The van der Waals surface area contributed by atoms with Gasteiger partial charge < -0.3 is 19.5 Å². The molecule has 20 heavy (non-hydrogen) atoms. The van der Waals surface area contributed by atoms with Crippen molar-refractivity contribution in [2.45, 2.75) is 20.1 Å². The van der Waals surface area contributed by atoms with E-state index in [2.05, 4.69) is 5.32 Å². The summed E-state index contributed by atoms with van der Waals surface area (Å²) in [6, 6.07) is 4.85. The van der Waals surface area contributed by atoms with E-state index in [1.165, 1.54) is 7.11 Å². The molecule has 6 heteroatoms. The van der Waals surface area contributed by atoms with E-state index in [1.54, 1.807) is 18.2 Å². The van der Waals surface area contributed by atoms with Crippen LogP contribution in [0.3, 0.4) is 0 Å². The van der Waals surface area contributed by atoms with E-state index in [-0.39, 0.29) is 12.5 Å². The molecule has 0 bridgehead atoms. The zero-order valence-corrected chi connectivity index (χ0v) is 12.7. The van der Waals surface area contributed by atoms with E-state index in [9.17, 15) is 4.79 Å². The molecule has 0 saturated carbocycles. The fraction of sp³-hybridized carbons (Fsp3) is 0.500. The van der Waals surface area contributed by atoms with Crippen LogP contribution in [-0.2, 0) is 9.47 Å². The number of carbonyl (C=O) groups excluding carboxylic acids is 1. The maximum absolute atomic E-state index is 12.1. The van der Waals surface area contributed by atoms with Gasteiger partial charge in [-0.2, -0.15) is 0 Å². The van der Waals surface area contributed by atoms with Crippen molar-refractivity contribution in [3.05, 3.63) is 28.8 Å². The van der Waals surface area contributed by atoms with Crippen LogP contribution >= 0.6 is 11.6 Å². The lowest BCUT2D eigenvalue weighted by Gasteiger charge is -2.17. The van der Waals surface area contributed by atoms with Gasteiger partial charge in [-0.25, -0.2) is 0 Å². The number of methoxy groups -OCH3 is 1. The van der Waals surface area contributed by atoms with Gasteiger partial charge in [0.25, 0.3) is 5.91 Å². The number of nitrogens with one attached hydrogen (secondary N) is 1. The molecule has 0 atom stereocenters. The van der Waals surface area contributed by atoms with Crippen LogP contribution in [0, 0.1) is 0 Å². The summed E-state index contributed by atoms with van der Waals surface area (Å²) >= 11 is 5.86. The van der Waals surface area contributed by atoms with Gasteiger partial charge >= 0.3 is 0 Å². The van der Waals surface area contributed by atoms with E-state index in [0.717, 1.165) is 0 Å². The first-order valence-electron chi connectivity index (χ1n) is 6.47. The predicted molar refractivity (Wildman–Crippen MR) is 77.4 cm³/mol. The maximum atomic E-state index is 12.1. The molecule has 1 aromatic carbocycles. The second-order valence-corrected chi connectivity index (χ2v) is 4.33. The highest BCUT2D eigenvalue weighted by Gasteiger charge is 2.15. The fourth-order valence-electron chi connectivity index (χ4n) is 1.66. The SMILES string of the molecule is CCOC(CNC(=O)c1ccc(Cl)cc1OC)OCC. The predicted octanol–water partition coefficient (Wildman–Crippen LogP) is 2.48. The molecule has 0 fully saturated rings. The van der Waals surface area contributed by atoms with E-state index in [4.69, 9.17) is 25.8 Å². The quantitative estimate of drug-likeness (QED) is 0.750. The molecule has 0 heterocycles. The highest BCUT2D eigenvalue weighted by Crippen LogP contribution is 2.22. The zero-order chi connectivity index (χ0) is 15.0. The smallest absolute Gasteiger partial charge is 0.255 e.